The van der Waals surface area contributed by atoms with Crippen molar-refractivity contribution in [2.75, 3.05) is 51.4 Å². The minimum absolute atomic E-state index is 0.0197. The lowest BCUT2D eigenvalue weighted by molar-refractivity contribution is 0.0734. The number of aromatic nitrogens is 2. The van der Waals surface area contributed by atoms with Gasteiger partial charge < -0.3 is 23.7 Å². The van der Waals surface area contributed by atoms with Crippen molar-refractivity contribution in [3.8, 4) is 5.75 Å². The first-order chi connectivity index (χ1) is 16.2. The van der Waals surface area contributed by atoms with Crippen LogP contribution in [0.15, 0.2) is 48.9 Å². The number of ether oxygens (including phenoxy) is 2. The summed E-state index contributed by atoms with van der Waals surface area (Å²) >= 11 is 0. The van der Waals surface area contributed by atoms with E-state index in [4.69, 9.17) is 9.47 Å². The third kappa shape index (κ3) is 4.83. The van der Waals surface area contributed by atoms with Gasteiger partial charge in [0.05, 0.1) is 25.9 Å². The molecule has 2 aromatic heterocycles. The van der Waals surface area contributed by atoms with Crippen LogP contribution in [0.5, 0.6) is 5.75 Å². The first-order valence-corrected chi connectivity index (χ1v) is 11.9. The number of methoxy groups -OCH3 is 1. The molecular formula is C26H32N4O3. The van der Waals surface area contributed by atoms with Crippen LogP contribution in [0, 0.1) is 5.92 Å². The van der Waals surface area contributed by atoms with Crippen LogP contribution in [0.1, 0.15) is 35.2 Å². The zero-order chi connectivity index (χ0) is 22.6. The molecule has 0 saturated carbocycles. The number of pyridine rings is 1. The average molecular weight is 449 g/mol. The van der Waals surface area contributed by atoms with Crippen LogP contribution in [-0.4, -0.2) is 66.7 Å². The van der Waals surface area contributed by atoms with Crippen LogP contribution in [0.25, 0.3) is 5.65 Å². The number of fused-ring (bicyclic) bond motifs is 1. The summed E-state index contributed by atoms with van der Waals surface area (Å²) in [5, 5.41) is 0. The number of hydrogen-bond acceptors (Lipinski definition) is 5. The molecule has 1 amide bonds. The number of nitrogens with zero attached hydrogens (tertiary/aromatic N) is 4. The van der Waals surface area contributed by atoms with Crippen molar-refractivity contribution in [3.63, 3.8) is 0 Å². The van der Waals surface area contributed by atoms with Crippen molar-refractivity contribution in [2.24, 2.45) is 5.92 Å². The molecule has 2 fully saturated rings. The van der Waals surface area contributed by atoms with Gasteiger partial charge in [0.2, 0.25) is 0 Å². The van der Waals surface area contributed by atoms with Crippen LogP contribution in [0.3, 0.4) is 0 Å². The maximum Gasteiger partial charge on any atom is 0.257 e. The Morgan fingerprint density at radius 3 is 2.88 bits per heavy atom. The molecule has 2 saturated heterocycles. The molecule has 0 radical (unpaired) electrons. The van der Waals surface area contributed by atoms with Gasteiger partial charge in [-0.1, -0.05) is 6.07 Å². The fourth-order valence-corrected chi connectivity index (χ4v) is 4.99. The van der Waals surface area contributed by atoms with Gasteiger partial charge in [0.25, 0.3) is 5.91 Å². The van der Waals surface area contributed by atoms with E-state index in [1.54, 1.807) is 13.3 Å². The average Bonchev–Trinajstić information content (AvgIpc) is 3.21. The highest BCUT2D eigenvalue weighted by Crippen LogP contribution is 2.29. The maximum atomic E-state index is 13.7. The predicted molar refractivity (Wildman–Crippen MR) is 128 cm³/mol. The predicted octanol–water partition coefficient (Wildman–Crippen LogP) is 3.66. The molecule has 0 spiro atoms. The van der Waals surface area contributed by atoms with Gasteiger partial charge in [0, 0.05) is 56.4 Å². The summed E-state index contributed by atoms with van der Waals surface area (Å²) in [7, 11) is 1.63. The molecule has 1 aromatic carbocycles. The molecule has 4 heterocycles. The third-order valence-electron chi connectivity index (χ3n) is 6.73. The molecule has 33 heavy (non-hydrogen) atoms. The van der Waals surface area contributed by atoms with E-state index in [9.17, 15) is 4.79 Å². The normalized spacial score (nSPS) is 19.5. The Hall–Kier alpha value is -3.06. The van der Waals surface area contributed by atoms with Gasteiger partial charge in [0.15, 0.2) is 0 Å². The Bertz CT molecular complexity index is 1110. The van der Waals surface area contributed by atoms with E-state index < -0.39 is 0 Å². The molecule has 7 nitrogen and oxygen atoms in total. The zero-order valence-electron chi connectivity index (χ0n) is 19.3. The Balaban J connectivity index is 1.34. The second-order valence-electron chi connectivity index (χ2n) is 9.06. The van der Waals surface area contributed by atoms with E-state index in [0.29, 0.717) is 37.6 Å². The largest absolute Gasteiger partial charge is 0.496 e. The van der Waals surface area contributed by atoms with Gasteiger partial charge in [-0.3, -0.25) is 4.79 Å². The van der Waals surface area contributed by atoms with E-state index >= 15 is 0 Å². The molecule has 5 rings (SSSR count). The fraction of sp³-hybridized carbons (Fsp3) is 0.462. The van der Waals surface area contributed by atoms with Gasteiger partial charge in [0.1, 0.15) is 11.4 Å². The number of anilines is 1. The van der Waals surface area contributed by atoms with Crippen molar-refractivity contribution >= 4 is 17.2 Å². The first kappa shape index (κ1) is 21.8. The third-order valence-corrected chi connectivity index (χ3v) is 6.73. The number of piperidine rings is 1. The summed E-state index contributed by atoms with van der Waals surface area (Å²) in [6.45, 7) is 4.54. The SMILES string of the molecule is COc1ccc(N2CCCCC2)cc1C(=O)N1CCOC[C@H](Cc2ccc3nccn3c2)C1. The monoisotopic (exact) mass is 448 g/mol. The Kier molecular flexibility index (Phi) is 6.48. The summed E-state index contributed by atoms with van der Waals surface area (Å²) in [5.41, 5.74) is 3.90. The highest BCUT2D eigenvalue weighted by atomic mass is 16.5. The maximum absolute atomic E-state index is 13.7. The minimum atomic E-state index is 0.0197. The second kappa shape index (κ2) is 9.83. The van der Waals surface area contributed by atoms with E-state index in [1.165, 1.54) is 24.8 Å². The Morgan fingerprint density at radius 2 is 2.03 bits per heavy atom. The van der Waals surface area contributed by atoms with Crippen LogP contribution in [-0.2, 0) is 11.2 Å². The van der Waals surface area contributed by atoms with Crippen LogP contribution >= 0.6 is 0 Å². The zero-order valence-corrected chi connectivity index (χ0v) is 19.3. The quantitative estimate of drug-likeness (QED) is 0.596. The van der Waals surface area contributed by atoms with E-state index in [1.807, 2.05) is 33.7 Å². The van der Waals surface area contributed by atoms with Gasteiger partial charge in [-0.25, -0.2) is 4.98 Å². The van der Waals surface area contributed by atoms with E-state index in [2.05, 4.69) is 28.2 Å². The Morgan fingerprint density at radius 1 is 1.15 bits per heavy atom. The van der Waals surface area contributed by atoms with E-state index in [0.717, 1.165) is 30.8 Å². The Labute approximate surface area is 194 Å². The molecule has 1 atom stereocenters. The lowest BCUT2D eigenvalue weighted by Gasteiger charge is -2.30. The lowest BCUT2D eigenvalue weighted by atomic mass is 10.00. The van der Waals surface area contributed by atoms with Gasteiger partial charge in [-0.2, -0.15) is 0 Å². The van der Waals surface area contributed by atoms with Crippen molar-refractivity contribution in [1.82, 2.24) is 14.3 Å². The van der Waals surface area contributed by atoms with Crippen molar-refractivity contribution < 1.29 is 14.3 Å². The van der Waals surface area contributed by atoms with Gasteiger partial charge in [-0.15, -0.1) is 0 Å². The number of hydrogen-bond donors (Lipinski definition) is 0. The first-order valence-electron chi connectivity index (χ1n) is 11.9. The van der Waals surface area contributed by atoms with Crippen LogP contribution in [0.2, 0.25) is 0 Å². The van der Waals surface area contributed by atoms with Crippen molar-refractivity contribution in [1.29, 1.82) is 0 Å². The van der Waals surface area contributed by atoms with Crippen LogP contribution < -0.4 is 9.64 Å². The highest BCUT2D eigenvalue weighted by Gasteiger charge is 2.26. The molecular weight excluding hydrogens is 416 g/mol. The molecule has 0 aliphatic carbocycles. The second-order valence-corrected chi connectivity index (χ2v) is 9.06. The number of carbonyl (C=O) groups is 1. The van der Waals surface area contributed by atoms with Crippen molar-refractivity contribution in [3.05, 3.63) is 60.0 Å². The summed E-state index contributed by atoms with van der Waals surface area (Å²) in [5.74, 6) is 0.882. The molecule has 0 N–H and O–H groups in total. The number of carbonyl (C=O) groups excluding carboxylic acids is 1. The topological polar surface area (TPSA) is 59.3 Å². The molecule has 2 aliphatic heterocycles. The standard InChI is InChI=1S/C26H32N4O3/c1-32-24-7-6-22(28-10-3-2-4-11-28)16-23(24)26(31)30-13-14-33-19-21(18-30)15-20-5-8-25-27-9-12-29(25)17-20/h5-9,12,16-17,21H,2-4,10-11,13-15,18-19H2,1H3/t21-/m1/s1. The molecule has 0 unspecified atom stereocenters. The van der Waals surface area contributed by atoms with Crippen LogP contribution in [0.4, 0.5) is 5.69 Å². The summed E-state index contributed by atoms with van der Waals surface area (Å²) in [4.78, 5) is 22.3. The van der Waals surface area contributed by atoms with Crippen molar-refractivity contribution in [2.45, 2.75) is 25.7 Å². The summed E-state index contributed by atoms with van der Waals surface area (Å²) in [6, 6.07) is 10.2. The molecule has 174 valence electrons. The number of amides is 1. The van der Waals surface area contributed by atoms with Gasteiger partial charge >= 0.3 is 0 Å². The highest BCUT2D eigenvalue weighted by molar-refractivity contribution is 5.98. The lowest BCUT2D eigenvalue weighted by Crippen LogP contribution is -2.37. The molecule has 7 heteroatoms. The summed E-state index contributed by atoms with van der Waals surface area (Å²) < 4.78 is 13.5. The van der Waals surface area contributed by atoms with Gasteiger partial charge in [-0.05, 0) is 55.5 Å². The fourth-order valence-electron chi connectivity index (χ4n) is 4.99. The number of imidazole rings is 1. The number of benzene rings is 1. The smallest absolute Gasteiger partial charge is 0.257 e. The number of rotatable bonds is 5. The summed E-state index contributed by atoms with van der Waals surface area (Å²) in [6.07, 6.45) is 10.4. The van der Waals surface area contributed by atoms with E-state index in [-0.39, 0.29) is 11.8 Å². The minimum Gasteiger partial charge on any atom is -0.496 e. The molecule has 3 aromatic rings. The molecule has 0 bridgehead atoms. The molecule has 2 aliphatic rings.